The Kier molecular flexibility index (Phi) is 5.77. The number of hydrogen-bond donors (Lipinski definition) is 1. The number of aliphatic hydroxyl groups is 1. The number of hydrogen-bond acceptors (Lipinski definition) is 5. The highest BCUT2D eigenvalue weighted by Crippen LogP contribution is 2.35. The van der Waals surface area contributed by atoms with Crippen LogP contribution in [0.15, 0.2) is 54.6 Å². The molecule has 0 spiro atoms. The molecule has 0 fully saturated rings. The van der Waals surface area contributed by atoms with Gasteiger partial charge in [-0.2, -0.15) is 10.2 Å². The van der Waals surface area contributed by atoms with Crippen molar-refractivity contribution in [3.63, 3.8) is 0 Å². The van der Waals surface area contributed by atoms with Gasteiger partial charge in [0.15, 0.2) is 0 Å². The molecule has 1 N–H and O–H groups in total. The number of nitrogens with zero attached hydrogens (tertiary/aromatic N) is 3. The predicted molar refractivity (Wildman–Crippen MR) is 106 cm³/mol. The van der Waals surface area contributed by atoms with Crippen LogP contribution in [0.1, 0.15) is 22.9 Å². The van der Waals surface area contributed by atoms with E-state index in [9.17, 15) is 9.90 Å². The normalized spacial score (nSPS) is 11.9. The first-order chi connectivity index (χ1) is 13.5. The molecule has 0 aliphatic heterocycles. The molecule has 1 unspecified atom stereocenters. The van der Waals surface area contributed by atoms with E-state index in [4.69, 9.17) is 9.57 Å². The minimum absolute atomic E-state index is 0.395. The summed E-state index contributed by atoms with van der Waals surface area (Å²) in [5.74, 6) is 0. The first kappa shape index (κ1) is 19.6. The van der Waals surface area contributed by atoms with Gasteiger partial charge in [0, 0.05) is 23.7 Å². The van der Waals surface area contributed by atoms with Crippen molar-refractivity contribution in [1.29, 1.82) is 0 Å². The average molecular weight is 381 g/mol. The zero-order chi connectivity index (χ0) is 20.3. The Balaban J connectivity index is 2.08. The number of anilines is 1. The van der Waals surface area contributed by atoms with E-state index in [0.717, 1.165) is 21.9 Å². The summed E-state index contributed by atoms with van der Waals surface area (Å²) in [6.45, 7) is 1.92. The summed E-state index contributed by atoms with van der Waals surface area (Å²) in [6, 6.07) is 16.8. The molecule has 7 nitrogen and oxygen atoms in total. The summed E-state index contributed by atoms with van der Waals surface area (Å²) in [7, 11) is 4.42. The third-order valence-corrected chi connectivity index (χ3v) is 4.62. The fourth-order valence-electron chi connectivity index (χ4n) is 3.30. The number of aromatic nitrogens is 2. The molecule has 3 aromatic rings. The van der Waals surface area contributed by atoms with Crippen LogP contribution in [0.2, 0.25) is 0 Å². The molecule has 1 atom stereocenters. The van der Waals surface area contributed by atoms with Crippen molar-refractivity contribution in [3.8, 4) is 11.3 Å². The second-order valence-corrected chi connectivity index (χ2v) is 6.26. The van der Waals surface area contributed by atoms with Gasteiger partial charge in [0.1, 0.15) is 6.10 Å². The van der Waals surface area contributed by atoms with Crippen LogP contribution in [0.3, 0.4) is 0 Å². The van der Waals surface area contributed by atoms with Crippen molar-refractivity contribution >= 4 is 11.8 Å². The largest absolute Gasteiger partial charge is 0.451 e. The van der Waals surface area contributed by atoms with Crippen molar-refractivity contribution in [1.82, 2.24) is 9.78 Å². The molecule has 1 aromatic heterocycles. The van der Waals surface area contributed by atoms with Gasteiger partial charge in [-0.25, -0.2) is 4.79 Å². The Morgan fingerprint density at radius 1 is 1.11 bits per heavy atom. The minimum Gasteiger partial charge on any atom is -0.451 e. The van der Waals surface area contributed by atoms with Crippen LogP contribution in [0.4, 0.5) is 10.5 Å². The molecule has 0 aliphatic carbocycles. The summed E-state index contributed by atoms with van der Waals surface area (Å²) in [5.41, 5.74) is 4.15. The van der Waals surface area contributed by atoms with Gasteiger partial charge in [-0.05, 0) is 13.0 Å². The van der Waals surface area contributed by atoms with E-state index >= 15 is 0 Å². The predicted octanol–water partition coefficient (Wildman–Crippen LogP) is 3.61. The van der Waals surface area contributed by atoms with Crippen molar-refractivity contribution in [2.45, 2.75) is 13.0 Å². The Labute approximate surface area is 163 Å². The number of aryl methyl sites for hydroxylation is 1. The quantitative estimate of drug-likeness (QED) is 0.683. The van der Waals surface area contributed by atoms with Gasteiger partial charge in [0.2, 0.25) is 0 Å². The Morgan fingerprint density at radius 2 is 1.75 bits per heavy atom. The van der Waals surface area contributed by atoms with Gasteiger partial charge in [0.25, 0.3) is 0 Å². The van der Waals surface area contributed by atoms with E-state index in [2.05, 4.69) is 5.10 Å². The van der Waals surface area contributed by atoms with Crippen LogP contribution in [-0.4, -0.2) is 35.2 Å². The topological polar surface area (TPSA) is 76.8 Å². The van der Waals surface area contributed by atoms with Gasteiger partial charge < -0.3 is 9.84 Å². The lowest BCUT2D eigenvalue weighted by Crippen LogP contribution is -2.31. The third kappa shape index (κ3) is 3.49. The van der Waals surface area contributed by atoms with E-state index in [1.807, 2.05) is 37.3 Å². The van der Waals surface area contributed by atoms with Crippen molar-refractivity contribution in [2.24, 2.45) is 7.05 Å². The van der Waals surface area contributed by atoms with Crippen LogP contribution in [-0.2, 0) is 16.6 Å². The first-order valence-corrected chi connectivity index (χ1v) is 8.77. The molecule has 1 heterocycles. The van der Waals surface area contributed by atoms with E-state index in [-0.39, 0.29) is 0 Å². The number of carbonyl (C=O) groups excluding carboxylic acids is 1. The van der Waals surface area contributed by atoms with Crippen molar-refractivity contribution in [2.75, 3.05) is 19.3 Å². The standard InChI is InChI=1S/C21H23N3O4/c1-14-18(15-10-6-5-7-11-15)22-23(2)19(14)20(25)16-12-8-9-13-17(16)24(28-4)21(26)27-3/h5-13,20,25H,1-4H3. The van der Waals surface area contributed by atoms with Crippen LogP contribution in [0.5, 0.6) is 0 Å². The van der Waals surface area contributed by atoms with Gasteiger partial charge in [-0.3, -0.25) is 9.52 Å². The minimum atomic E-state index is -1.02. The average Bonchev–Trinajstić information content (AvgIpc) is 3.03. The molecule has 146 valence electrons. The maximum absolute atomic E-state index is 12.1. The molecule has 7 heteroatoms. The molecule has 3 rings (SSSR count). The SMILES string of the molecule is COC(=O)N(OC)c1ccccc1C(O)c1c(C)c(-c2ccccc2)nn1C. The number of ether oxygens (including phenoxy) is 1. The lowest BCUT2D eigenvalue weighted by atomic mass is 9.99. The highest BCUT2D eigenvalue weighted by Gasteiger charge is 2.27. The molecular weight excluding hydrogens is 358 g/mol. The maximum Gasteiger partial charge on any atom is 0.438 e. The monoisotopic (exact) mass is 381 g/mol. The lowest BCUT2D eigenvalue weighted by molar-refractivity contribution is 0.114. The van der Waals surface area contributed by atoms with Gasteiger partial charge in [-0.1, -0.05) is 48.5 Å². The summed E-state index contributed by atoms with van der Waals surface area (Å²) in [4.78, 5) is 17.2. The van der Waals surface area contributed by atoms with Gasteiger partial charge >= 0.3 is 6.09 Å². The summed E-state index contributed by atoms with van der Waals surface area (Å²) >= 11 is 0. The third-order valence-electron chi connectivity index (χ3n) is 4.62. The zero-order valence-corrected chi connectivity index (χ0v) is 16.3. The molecule has 0 radical (unpaired) electrons. The summed E-state index contributed by atoms with van der Waals surface area (Å²) in [6.07, 6.45) is -1.71. The molecular formula is C21H23N3O4. The van der Waals surface area contributed by atoms with E-state index in [1.165, 1.54) is 14.2 Å². The van der Waals surface area contributed by atoms with Gasteiger partial charge in [-0.15, -0.1) is 0 Å². The van der Waals surface area contributed by atoms with E-state index in [1.54, 1.807) is 36.0 Å². The van der Waals surface area contributed by atoms with Crippen LogP contribution >= 0.6 is 0 Å². The maximum atomic E-state index is 12.1. The molecule has 0 saturated carbocycles. The number of methoxy groups -OCH3 is 1. The van der Waals surface area contributed by atoms with Crippen LogP contribution in [0, 0.1) is 6.92 Å². The number of rotatable bonds is 5. The molecule has 0 saturated heterocycles. The summed E-state index contributed by atoms with van der Waals surface area (Å²) < 4.78 is 6.43. The second-order valence-electron chi connectivity index (χ2n) is 6.26. The van der Waals surface area contributed by atoms with E-state index < -0.39 is 12.2 Å². The molecule has 2 aromatic carbocycles. The smallest absolute Gasteiger partial charge is 0.438 e. The second kappa shape index (κ2) is 8.24. The molecule has 0 bridgehead atoms. The Morgan fingerprint density at radius 3 is 2.39 bits per heavy atom. The number of hydroxylamine groups is 1. The number of amides is 1. The number of aliphatic hydroxyl groups excluding tert-OH is 1. The van der Waals surface area contributed by atoms with Crippen LogP contribution in [0.25, 0.3) is 11.3 Å². The molecule has 28 heavy (non-hydrogen) atoms. The Hall–Kier alpha value is -3.16. The van der Waals surface area contributed by atoms with Gasteiger partial charge in [0.05, 0.1) is 31.3 Å². The summed E-state index contributed by atoms with van der Waals surface area (Å²) in [5, 5.41) is 16.8. The highest BCUT2D eigenvalue weighted by molar-refractivity contribution is 5.86. The fourth-order valence-corrected chi connectivity index (χ4v) is 3.30. The lowest BCUT2D eigenvalue weighted by Gasteiger charge is -2.23. The number of para-hydroxylation sites is 1. The fraction of sp³-hybridized carbons (Fsp3) is 0.238. The van der Waals surface area contributed by atoms with Crippen molar-refractivity contribution < 1.29 is 19.5 Å². The molecule has 1 amide bonds. The van der Waals surface area contributed by atoms with Crippen molar-refractivity contribution in [3.05, 3.63) is 71.4 Å². The van der Waals surface area contributed by atoms with Crippen LogP contribution < -0.4 is 5.06 Å². The zero-order valence-electron chi connectivity index (χ0n) is 16.3. The number of benzene rings is 2. The first-order valence-electron chi connectivity index (χ1n) is 8.77. The number of carbonyl (C=O) groups is 1. The molecule has 0 aliphatic rings. The Bertz CT molecular complexity index is 969. The van der Waals surface area contributed by atoms with E-state index in [0.29, 0.717) is 16.9 Å². The highest BCUT2D eigenvalue weighted by atomic mass is 16.7.